The van der Waals surface area contributed by atoms with Crippen LogP contribution in [-0.4, -0.2) is 52.8 Å². The molecule has 1 saturated heterocycles. The van der Waals surface area contributed by atoms with Crippen LogP contribution < -0.4 is 5.32 Å². The topological polar surface area (TPSA) is 65.5 Å². The Morgan fingerprint density at radius 2 is 2.13 bits per heavy atom. The van der Waals surface area contributed by atoms with Crippen molar-refractivity contribution in [2.75, 3.05) is 25.0 Å². The van der Waals surface area contributed by atoms with Gasteiger partial charge in [0, 0.05) is 18.7 Å². The van der Waals surface area contributed by atoms with Crippen LogP contribution in [-0.2, 0) is 4.79 Å². The van der Waals surface area contributed by atoms with Crippen LogP contribution in [0.25, 0.3) is 0 Å². The van der Waals surface area contributed by atoms with E-state index in [0.717, 1.165) is 5.56 Å². The zero-order valence-electron chi connectivity index (χ0n) is 12.8. The van der Waals surface area contributed by atoms with Gasteiger partial charge in [-0.1, -0.05) is 0 Å². The van der Waals surface area contributed by atoms with E-state index in [1.54, 1.807) is 12.3 Å². The Hall–Kier alpha value is -1.67. The Balaban J connectivity index is 1.81. The summed E-state index contributed by atoms with van der Waals surface area (Å²) in [6.45, 7) is 2.15. The molecule has 23 heavy (non-hydrogen) atoms. The minimum Gasteiger partial charge on any atom is -0.382 e. The minimum absolute atomic E-state index is 0.167. The predicted octanol–water partition coefficient (Wildman–Crippen LogP) is 1.96. The number of hydrogen-bond donors (Lipinski definition) is 2. The summed E-state index contributed by atoms with van der Waals surface area (Å²) in [6.07, 6.45) is -4.42. The number of pyridine rings is 1. The molecule has 2 heterocycles. The summed E-state index contributed by atoms with van der Waals surface area (Å²) < 4.78 is 37.0. The molecule has 0 spiro atoms. The van der Waals surface area contributed by atoms with Crippen molar-refractivity contribution in [1.82, 2.24) is 9.88 Å². The number of carbonyl (C=O) groups excluding carboxylic acids is 1. The van der Waals surface area contributed by atoms with E-state index in [9.17, 15) is 18.0 Å². The van der Waals surface area contributed by atoms with Gasteiger partial charge in [-0.3, -0.25) is 4.79 Å². The van der Waals surface area contributed by atoms with Crippen LogP contribution in [0.4, 0.5) is 19.0 Å². The first-order chi connectivity index (χ1) is 10.8. The van der Waals surface area contributed by atoms with Crippen LogP contribution in [0.5, 0.6) is 0 Å². The Morgan fingerprint density at radius 1 is 1.48 bits per heavy atom. The van der Waals surface area contributed by atoms with E-state index in [1.165, 1.54) is 4.90 Å². The fourth-order valence-electron chi connectivity index (χ4n) is 2.56. The standard InChI is InChI=1S/C15H20F3N3O2/c1-10-2-5-19-13(8-10)20-14(23)11-3-6-21(7-4-11)9-12(22)15(16,17)18/h2,5,8,11-12,22H,3-4,6-7,9H2,1H3,(H,19,20,23). The third-order valence-corrected chi connectivity index (χ3v) is 3.93. The number of β-amino-alcohol motifs (C(OH)–C–C–N with tert-alkyl or cyclic N) is 1. The first-order valence-corrected chi connectivity index (χ1v) is 7.46. The summed E-state index contributed by atoms with van der Waals surface area (Å²) in [6, 6.07) is 3.58. The van der Waals surface area contributed by atoms with Crippen molar-refractivity contribution in [1.29, 1.82) is 0 Å². The first kappa shape index (κ1) is 17.7. The van der Waals surface area contributed by atoms with E-state index in [1.807, 2.05) is 13.0 Å². The normalized spacial score (nSPS) is 18.7. The van der Waals surface area contributed by atoms with Gasteiger partial charge in [0.05, 0.1) is 0 Å². The molecule has 2 N–H and O–H groups in total. The zero-order chi connectivity index (χ0) is 17.0. The number of nitrogens with one attached hydrogen (secondary N) is 1. The molecule has 1 aliphatic heterocycles. The Labute approximate surface area is 132 Å². The lowest BCUT2D eigenvalue weighted by Gasteiger charge is -2.32. The highest BCUT2D eigenvalue weighted by Gasteiger charge is 2.39. The van der Waals surface area contributed by atoms with Crippen molar-refractivity contribution in [2.45, 2.75) is 32.0 Å². The highest BCUT2D eigenvalue weighted by Crippen LogP contribution is 2.24. The third-order valence-electron chi connectivity index (χ3n) is 3.93. The maximum atomic E-state index is 12.3. The van der Waals surface area contributed by atoms with Crippen molar-refractivity contribution >= 4 is 11.7 Å². The smallest absolute Gasteiger partial charge is 0.382 e. The lowest BCUT2D eigenvalue weighted by atomic mass is 9.95. The number of aryl methyl sites for hydroxylation is 1. The maximum Gasteiger partial charge on any atom is 0.415 e. The molecule has 1 aromatic rings. The third kappa shape index (κ3) is 5.18. The van der Waals surface area contributed by atoms with Crippen LogP contribution >= 0.6 is 0 Å². The largest absolute Gasteiger partial charge is 0.415 e. The van der Waals surface area contributed by atoms with Gasteiger partial charge in [-0.25, -0.2) is 4.98 Å². The quantitative estimate of drug-likeness (QED) is 0.885. The van der Waals surface area contributed by atoms with Gasteiger partial charge in [0.15, 0.2) is 6.10 Å². The number of hydrogen-bond acceptors (Lipinski definition) is 4. The molecule has 1 unspecified atom stereocenters. The number of rotatable bonds is 4. The van der Waals surface area contributed by atoms with Crippen molar-refractivity contribution in [2.24, 2.45) is 5.92 Å². The number of nitrogens with zero attached hydrogens (tertiary/aromatic N) is 2. The second-order valence-corrected chi connectivity index (χ2v) is 5.84. The van der Waals surface area contributed by atoms with Crippen LogP contribution in [0.1, 0.15) is 18.4 Å². The molecular weight excluding hydrogens is 311 g/mol. The van der Waals surface area contributed by atoms with Crippen LogP contribution in [0.15, 0.2) is 18.3 Å². The molecule has 128 valence electrons. The molecule has 1 atom stereocenters. The van der Waals surface area contributed by atoms with Gasteiger partial charge in [-0.05, 0) is 50.6 Å². The number of alkyl halides is 3. The molecule has 0 aliphatic carbocycles. The van der Waals surface area contributed by atoms with Crippen molar-refractivity contribution in [3.8, 4) is 0 Å². The fourth-order valence-corrected chi connectivity index (χ4v) is 2.56. The summed E-state index contributed by atoms with van der Waals surface area (Å²) in [5, 5.41) is 11.8. The van der Waals surface area contributed by atoms with Gasteiger partial charge in [-0.15, -0.1) is 0 Å². The molecule has 0 aromatic carbocycles. The highest BCUT2D eigenvalue weighted by atomic mass is 19.4. The van der Waals surface area contributed by atoms with E-state index < -0.39 is 18.8 Å². The SMILES string of the molecule is Cc1ccnc(NC(=O)C2CCN(CC(O)C(F)(F)F)CC2)c1. The van der Waals surface area contributed by atoms with E-state index in [0.29, 0.717) is 31.7 Å². The first-order valence-electron chi connectivity index (χ1n) is 7.46. The second kappa shape index (κ2) is 7.27. The average molecular weight is 331 g/mol. The number of aromatic nitrogens is 1. The highest BCUT2D eigenvalue weighted by molar-refractivity contribution is 5.91. The van der Waals surface area contributed by atoms with Gasteiger partial charge in [0.1, 0.15) is 5.82 Å². The van der Waals surface area contributed by atoms with E-state index in [-0.39, 0.29) is 11.8 Å². The van der Waals surface area contributed by atoms with Crippen molar-refractivity contribution in [3.63, 3.8) is 0 Å². The van der Waals surface area contributed by atoms with Gasteiger partial charge in [0.25, 0.3) is 0 Å². The molecule has 5 nitrogen and oxygen atoms in total. The van der Waals surface area contributed by atoms with E-state index in [4.69, 9.17) is 5.11 Å². The van der Waals surface area contributed by atoms with Gasteiger partial charge in [-0.2, -0.15) is 13.2 Å². The minimum atomic E-state index is -4.61. The maximum absolute atomic E-state index is 12.3. The molecule has 1 aliphatic rings. The Kier molecular flexibility index (Phi) is 5.59. The molecule has 1 aromatic heterocycles. The van der Waals surface area contributed by atoms with Crippen LogP contribution in [0, 0.1) is 12.8 Å². The van der Waals surface area contributed by atoms with Crippen LogP contribution in [0.3, 0.4) is 0 Å². The fraction of sp³-hybridized carbons (Fsp3) is 0.600. The Bertz CT molecular complexity index is 543. The summed E-state index contributed by atoms with van der Waals surface area (Å²) in [5.74, 6) is 0.0561. The number of anilines is 1. The van der Waals surface area contributed by atoms with Gasteiger partial charge >= 0.3 is 6.18 Å². The summed E-state index contributed by atoms with van der Waals surface area (Å²) in [7, 11) is 0. The van der Waals surface area contributed by atoms with Gasteiger partial charge < -0.3 is 15.3 Å². The van der Waals surface area contributed by atoms with E-state index in [2.05, 4.69) is 10.3 Å². The summed E-state index contributed by atoms with van der Waals surface area (Å²) >= 11 is 0. The molecule has 1 amide bonds. The molecule has 8 heteroatoms. The lowest BCUT2D eigenvalue weighted by Crippen LogP contribution is -2.45. The predicted molar refractivity (Wildman–Crippen MR) is 78.8 cm³/mol. The lowest BCUT2D eigenvalue weighted by molar-refractivity contribution is -0.208. The number of aliphatic hydroxyl groups is 1. The Morgan fingerprint density at radius 3 is 2.70 bits per heavy atom. The van der Waals surface area contributed by atoms with Crippen molar-refractivity contribution < 1.29 is 23.1 Å². The molecule has 0 saturated carbocycles. The number of amides is 1. The molecule has 0 radical (unpaired) electrons. The molecule has 1 fully saturated rings. The number of halogens is 3. The molecular formula is C15H20F3N3O2. The second-order valence-electron chi connectivity index (χ2n) is 5.84. The van der Waals surface area contributed by atoms with Crippen molar-refractivity contribution in [3.05, 3.63) is 23.9 Å². The number of carbonyl (C=O) groups is 1. The number of piperidine rings is 1. The van der Waals surface area contributed by atoms with E-state index >= 15 is 0 Å². The van der Waals surface area contributed by atoms with Gasteiger partial charge in [0.2, 0.25) is 5.91 Å². The average Bonchev–Trinajstić information content (AvgIpc) is 2.47. The number of aliphatic hydroxyl groups excluding tert-OH is 1. The zero-order valence-corrected chi connectivity index (χ0v) is 12.8. The monoisotopic (exact) mass is 331 g/mol. The summed E-state index contributed by atoms with van der Waals surface area (Å²) in [4.78, 5) is 17.8. The summed E-state index contributed by atoms with van der Waals surface area (Å²) in [5.41, 5.74) is 0.978. The molecule has 0 bridgehead atoms. The number of likely N-dealkylation sites (tertiary alicyclic amines) is 1. The molecule has 2 rings (SSSR count). The van der Waals surface area contributed by atoms with Crippen LogP contribution in [0.2, 0.25) is 0 Å².